The maximum absolute atomic E-state index is 11.5. The molecule has 5 nitrogen and oxygen atoms in total. The van der Waals surface area contributed by atoms with Crippen LogP contribution in [0.5, 0.6) is 5.75 Å². The zero-order chi connectivity index (χ0) is 12.9. The van der Waals surface area contributed by atoms with E-state index in [-0.39, 0.29) is 12.3 Å². The first-order chi connectivity index (χ1) is 8.45. The molecule has 0 atom stereocenters. The Balaban J connectivity index is 2.10. The highest BCUT2D eigenvalue weighted by Gasteiger charge is 2.27. The fourth-order valence-electron chi connectivity index (χ4n) is 2.35. The Morgan fingerprint density at radius 3 is 2.89 bits per heavy atom. The zero-order valence-electron chi connectivity index (χ0n) is 9.88. The number of sulfonamides is 1. The molecule has 0 fully saturated rings. The van der Waals surface area contributed by atoms with E-state index in [9.17, 15) is 13.5 Å². The summed E-state index contributed by atoms with van der Waals surface area (Å²) in [6.45, 7) is 0.741. The molecule has 96 valence electrons. The number of furan rings is 1. The predicted molar refractivity (Wildman–Crippen MR) is 66.8 cm³/mol. The van der Waals surface area contributed by atoms with Crippen molar-refractivity contribution in [1.82, 2.24) is 4.31 Å². The molecule has 1 aliphatic rings. The Kier molecular flexibility index (Phi) is 2.39. The quantitative estimate of drug-likeness (QED) is 0.849. The number of hydrogen-bond acceptors (Lipinski definition) is 4. The topological polar surface area (TPSA) is 70.8 Å². The molecule has 1 N–H and O–H groups in total. The number of phenolic OH excluding ortho intramolecular Hbond substituents is 1. The molecule has 0 amide bonds. The van der Waals surface area contributed by atoms with Crippen LogP contribution in [0.1, 0.15) is 11.3 Å². The molecule has 1 aromatic carbocycles. The van der Waals surface area contributed by atoms with E-state index in [4.69, 9.17) is 4.42 Å². The van der Waals surface area contributed by atoms with Crippen LogP contribution < -0.4 is 0 Å². The summed E-state index contributed by atoms with van der Waals surface area (Å²) in [6, 6.07) is 4.97. The van der Waals surface area contributed by atoms with E-state index >= 15 is 0 Å². The van der Waals surface area contributed by atoms with Crippen LogP contribution in [0.25, 0.3) is 11.0 Å². The van der Waals surface area contributed by atoms with Gasteiger partial charge in [-0.25, -0.2) is 8.42 Å². The lowest BCUT2D eigenvalue weighted by atomic mass is 10.0. The molecule has 0 radical (unpaired) electrons. The van der Waals surface area contributed by atoms with Crippen LogP contribution in [0.2, 0.25) is 0 Å². The number of aromatic hydroxyl groups is 1. The molecule has 2 aromatic rings. The van der Waals surface area contributed by atoms with E-state index in [1.54, 1.807) is 12.1 Å². The molecule has 0 unspecified atom stereocenters. The summed E-state index contributed by atoms with van der Waals surface area (Å²) < 4.78 is 30.1. The average Bonchev–Trinajstić information content (AvgIpc) is 2.63. The van der Waals surface area contributed by atoms with Crippen molar-refractivity contribution in [3.8, 4) is 5.75 Å². The van der Waals surface area contributed by atoms with E-state index in [2.05, 4.69) is 0 Å². The van der Waals surface area contributed by atoms with Crippen LogP contribution in [0.3, 0.4) is 0 Å². The molecule has 18 heavy (non-hydrogen) atoms. The van der Waals surface area contributed by atoms with E-state index in [1.807, 2.05) is 6.07 Å². The number of nitrogens with zero attached hydrogens (tertiary/aromatic N) is 1. The summed E-state index contributed by atoms with van der Waals surface area (Å²) >= 11 is 0. The summed E-state index contributed by atoms with van der Waals surface area (Å²) in [5.74, 6) is 0.820. The minimum atomic E-state index is -3.19. The minimum Gasteiger partial charge on any atom is -0.508 e. The van der Waals surface area contributed by atoms with Gasteiger partial charge in [0.15, 0.2) is 0 Å². The highest BCUT2D eigenvalue weighted by Crippen LogP contribution is 2.32. The highest BCUT2D eigenvalue weighted by molar-refractivity contribution is 7.88. The van der Waals surface area contributed by atoms with Gasteiger partial charge >= 0.3 is 0 Å². The van der Waals surface area contributed by atoms with Gasteiger partial charge < -0.3 is 9.52 Å². The number of phenols is 1. The van der Waals surface area contributed by atoms with Gasteiger partial charge in [-0.05, 0) is 18.6 Å². The third kappa shape index (κ3) is 1.77. The highest BCUT2D eigenvalue weighted by atomic mass is 32.2. The van der Waals surface area contributed by atoms with Gasteiger partial charge in [0, 0.05) is 23.6 Å². The molecule has 1 aromatic heterocycles. The molecule has 0 saturated heterocycles. The zero-order valence-corrected chi connectivity index (χ0v) is 10.7. The smallest absolute Gasteiger partial charge is 0.211 e. The van der Waals surface area contributed by atoms with Crippen molar-refractivity contribution >= 4 is 21.0 Å². The summed E-state index contributed by atoms with van der Waals surface area (Å²) in [5, 5.41) is 10.4. The summed E-state index contributed by atoms with van der Waals surface area (Å²) in [6.07, 6.45) is 1.84. The van der Waals surface area contributed by atoms with Gasteiger partial charge in [0.25, 0.3) is 0 Å². The standard InChI is InChI=1S/C12H13NO4S/c1-18(15,16)13-5-4-10-9-3-2-8(14)6-11(9)17-12(10)7-13/h2-3,6,14H,4-5,7H2,1H3. The van der Waals surface area contributed by atoms with Crippen LogP contribution >= 0.6 is 0 Å². The maximum Gasteiger partial charge on any atom is 0.211 e. The Bertz CT molecular complexity index is 717. The first-order valence-electron chi connectivity index (χ1n) is 5.63. The van der Waals surface area contributed by atoms with Crippen molar-refractivity contribution in [1.29, 1.82) is 0 Å². The van der Waals surface area contributed by atoms with Gasteiger partial charge in [-0.3, -0.25) is 0 Å². The minimum absolute atomic E-state index is 0.147. The monoisotopic (exact) mass is 267 g/mol. The second-order valence-corrected chi connectivity index (χ2v) is 6.51. The normalized spacial score (nSPS) is 16.9. The Hall–Kier alpha value is -1.53. The summed E-state index contributed by atoms with van der Waals surface area (Å²) in [5.41, 5.74) is 1.65. The SMILES string of the molecule is CS(=O)(=O)N1CCc2c(oc3cc(O)ccc23)C1. The molecule has 0 bridgehead atoms. The fraction of sp³-hybridized carbons (Fsp3) is 0.333. The molecule has 0 aliphatic carbocycles. The maximum atomic E-state index is 11.5. The second-order valence-electron chi connectivity index (χ2n) is 4.53. The van der Waals surface area contributed by atoms with Gasteiger partial charge in [0.05, 0.1) is 12.8 Å². The third-order valence-electron chi connectivity index (χ3n) is 3.26. The van der Waals surface area contributed by atoms with Crippen molar-refractivity contribution < 1.29 is 17.9 Å². The van der Waals surface area contributed by atoms with Gasteiger partial charge in [-0.1, -0.05) is 0 Å². The lowest BCUT2D eigenvalue weighted by Crippen LogP contribution is -2.34. The third-order valence-corrected chi connectivity index (χ3v) is 4.51. The fourth-order valence-corrected chi connectivity index (χ4v) is 3.12. The molecule has 1 aliphatic heterocycles. The van der Waals surface area contributed by atoms with Gasteiger partial charge in [-0.2, -0.15) is 4.31 Å². The van der Waals surface area contributed by atoms with Crippen LogP contribution in [-0.2, 0) is 23.0 Å². The largest absolute Gasteiger partial charge is 0.508 e. The van der Waals surface area contributed by atoms with E-state index in [0.29, 0.717) is 24.3 Å². The van der Waals surface area contributed by atoms with Crippen LogP contribution in [0, 0.1) is 0 Å². The van der Waals surface area contributed by atoms with E-state index in [1.165, 1.54) is 10.6 Å². The number of benzene rings is 1. The van der Waals surface area contributed by atoms with Crippen LogP contribution in [-0.4, -0.2) is 30.6 Å². The molecule has 3 rings (SSSR count). The molecule has 0 saturated carbocycles. The van der Waals surface area contributed by atoms with Crippen LogP contribution in [0.15, 0.2) is 22.6 Å². The van der Waals surface area contributed by atoms with Crippen molar-refractivity contribution in [3.63, 3.8) is 0 Å². The number of hydrogen-bond donors (Lipinski definition) is 1. The molecule has 6 heteroatoms. The van der Waals surface area contributed by atoms with Gasteiger partial charge in [0.1, 0.15) is 17.1 Å². The van der Waals surface area contributed by atoms with Crippen molar-refractivity contribution in [2.45, 2.75) is 13.0 Å². The van der Waals surface area contributed by atoms with Gasteiger partial charge in [0.2, 0.25) is 10.0 Å². The van der Waals surface area contributed by atoms with Gasteiger partial charge in [-0.15, -0.1) is 0 Å². The first kappa shape index (κ1) is 11.6. The van der Waals surface area contributed by atoms with Crippen molar-refractivity contribution in [2.24, 2.45) is 0 Å². The number of rotatable bonds is 1. The molecule has 0 spiro atoms. The van der Waals surface area contributed by atoms with E-state index in [0.717, 1.165) is 10.9 Å². The summed E-state index contributed by atoms with van der Waals surface area (Å²) in [7, 11) is -3.19. The van der Waals surface area contributed by atoms with Crippen molar-refractivity contribution in [2.75, 3.05) is 12.8 Å². The average molecular weight is 267 g/mol. The van der Waals surface area contributed by atoms with Crippen LogP contribution in [0.4, 0.5) is 0 Å². The lowest BCUT2D eigenvalue weighted by molar-refractivity contribution is 0.352. The molecule has 2 heterocycles. The summed E-state index contributed by atoms with van der Waals surface area (Å²) in [4.78, 5) is 0. The Labute approximate surface area is 105 Å². The molecular formula is C12H13NO4S. The lowest BCUT2D eigenvalue weighted by Gasteiger charge is -2.23. The van der Waals surface area contributed by atoms with E-state index < -0.39 is 10.0 Å². The number of fused-ring (bicyclic) bond motifs is 3. The van der Waals surface area contributed by atoms with Crippen molar-refractivity contribution in [3.05, 3.63) is 29.5 Å². The second kappa shape index (κ2) is 3.73. The Morgan fingerprint density at radius 1 is 1.39 bits per heavy atom. The Morgan fingerprint density at radius 2 is 2.17 bits per heavy atom. The predicted octanol–water partition coefficient (Wildman–Crippen LogP) is 1.46. The molecular weight excluding hydrogens is 254 g/mol. The first-order valence-corrected chi connectivity index (χ1v) is 7.48.